The highest BCUT2D eigenvalue weighted by atomic mass is 16.5. The third kappa shape index (κ3) is 3.71. The molecule has 0 fully saturated rings. The monoisotopic (exact) mass is 278 g/mol. The average molecular weight is 278 g/mol. The van der Waals surface area contributed by atoms with Gasteiger partial charge in [0, 0.05) is 0 Å². The van der Waals surface area contributed by atoms with Crippen molar-refractivity contribution in [3.63, 3.8) is 0 Å². The van der Waals surface area contributed by atoms with E-state index in [1.807, 2.05) is 0 Å². The Morgan fingerprint density at radius 2 is 1.85 bits per heavy atom. The summed E-state index contributed by atoms with van der Waals surface area (Å²) in [6.45, 7) is 0. The van der Waals surface area contributed by atoms with Gasteiger partial charge < -0.3 is 9.47 Å². The Labute approximate surface area is 119 Å². The van der Waals surface area contributed by atoms with Crippen LogP contribution in [-0.4, -0.2) is 26.2 Å². The van der Waals surface area contributed by atoms with Crippen LogP contribution in [0.4, 0.5) is 0 Å². The molecular weight excluding hydrogens is 256 g/mol. The number of methoxy groups -OCH3 is 2. The Kier molecular flexibility index (Phi) is 4.99. The van der Waals surface area contributed by atoms with Gasteiger partial charge in [-0.15, -0.1) is 0 Å². The average Bonchev–Trinajstić information content (AvgIpc) is 2.42. The summed E-state index contributed by atoms with van der Waals surface area (Å²) in [5.41, 5.74) is 2.38. The van der Waals surface area contributed by atoms with Crippen LogP contribution in [0.2, 0.25) is 0 Å². The molecule has 0 amide bonds. The summed E-state index contributed by atoms with van der Waals surface area (Å²) < 4.78 is 9.50. The summed E-state index contributed by atoms with van der Waals surface area (Å²) in [7, 11) is 2.85. The van der Waals surface area contributed by atoms with E-state index in [1.54, 1.807) is 0 Å². The summed E-state index contributed by atoms with van der Waals surface area (Å²) in [5.74, 6) is 0.508. The fourth-order valence-corrected chi connectivity index (χ4v) is 3.13. The molecule has 0 aliphatic heterocycles. The van der Waals surface area contributed by atoms with Gasteiger partial charge in [-0.05, 0) is 37.5 Å². The first kappa shape index (κ1) is 14.8. The Bertz CT molecular complexity index is 447. The highest BCUT2D eigenvalue weighted by Crippen LogP contribution is 2.39. The molecule has 0 saturated carbocycles. The van der Waals surface area contributed by atoms with Gasteiger partial charge in [-0.3, -0.25) is 9.59 Å². The predicted molar refractivity (Wildman–Crippen MR) is 74.9 cm³/mol. The van der Waals surface area contributed by atoms with E-state index >= 15 is 0 Å². The van der Waals surface area contributed by atoms with Gasteiger partial charge in [-0.2, -0.15) is 0 Å². The molecule has 3 rings (SSSR count). The number of allylic oxidation sites excluding steroid dienone is 2. The third-order valence-electron chi connectivity index (χ3n) is 4.25. The van der Waals surface area contributed by atoms with Gasteiger partial charge in [0.25, 0.3) is 0 Å². The molecule has 4 nitrogen and oxygen atoms in total. The first-order chi connectivity index (χ1) is 9.62. The maximum atomic E-state index is 11.5. The third-order valence-corrected chi connectivity index (χ3v) is 4.25. The standard InChI is InChI=1S/C16H22O4/c1-19-15(17)9-12-4-6-13-5-3-11(7-12)8-14(13)10-16(18)20-2/h4,8,11,13H,3,5-7,9-10H2,1-2H3/b12-4+/t11-,13+/m1/s1. The molecule has 110 valence electrons. The molecule has 0 aromatic heterocycles. The zero-order chi connectivity index (χ0) is 14.5. The van der Waals surface area contributed by atoms with Crippen LogP contribution in [-0.2, 0) is 19.1 Å². The molecule has 20 heavy (non-hydrogen) atoms. The number of ether oxygens (including phenoxy) is 2. The normalized spacial score (nSPS) is 27.7. The van der Waals surface area contributed by atoms with E-state index in [0.717, 1.165) is 25.7 Å². The van der Waals surface area contributed by atoms with Gasteiger partial charge in [0.05, 0.1) is 27.1 Å². The van der Waals surface area contributed by atoms with Gasteiger partial charge in [0.15, 0.2) is 0 Å². The molecule has 0 aromatic carbocycles. The minimum Gasteiger partial charge on any atom is -0.469 e. The fraction of sp³-hybridized carbons (Fsp3) is 0.625. The number of esters is 2. The van der Waals surface area contributed by atoms with Crippen LogP contribution < -0.4 is 0 Å². The van der Waals surface area contributed by atoms with Gasteiger partial charge in [-0.25, -0.2) is 0 Å². The van der Waals surface area contributed by atoms with Gasteiger partial charge in [-0.1, -0.05) is 23.3 Å². The largest absolute Gasteiger partial charge is 0.469 e. The molecule has 0 spiro atoms. The van der Waals surface area contributed by atoms with Crippen molar-refractivity contribution in [3.8, 4) is 0 Å². The van der Waals surface area contributed by atoms with Crippen molar-refractivity contribution in [2.75, 3.05) is 14.2 Å². The fourth-order valence-electron chi connectivity index (χ4n) is 3.13. The van der Waals surface area contributed by atoms with E-state index in [9.17, 15) is 9.59 Å². The highest BCUT2D eigenvalue weighted by molar-refractivity contribution is 5.73. The number of hydrogen-bond acceptors (Lipinski definition) is 4. The molecule has 2 atom stereocenters. The van der Waals surface area contributed by atoms with Crippen molar-refractivity contribution in [1.29, 1.82) is 0 Å². The van der Waals surface area contributed by atoms with Crippen molar-refractivity contribution >= 4 is 11.9 Å². The SMILES string of the molecule is COC(=O)CC1=C[C@@H]2CC[C@H]1C/C=C(/CC(=O)OC)C2. The van der Waals surface area contributed by atoms with E-state index in [1.165, 1.54) is 25.4 Å². The Morgan fingerprint density at radius 3 is 2.55 bits per heavy atom. The number of carbonyl (C=O) groups excluding carboxylic acids is 2. The lowest BCUT2D eigenvalue weighted by atomic mass is 9.74. The second-order valence-electron chi connectivity index (χ2n) is 5.58. The van der Waals surface area contributed by atoms with Gasteiger partial charge in [0.2, 0.25) is 0 Å². The Hall–Kier alpha value is -1.58. The van der Waals surface area contributed by atoms with E-state index in [0.29, 0.717) is 24.7 Å². The second-order valence-corrected chi connectivity index (χ2v) is 5.58. The number of fused-ring (bicyclic) bond motifs is 3. The summed E-state index contributed by atoms with van der Waals surface area (Å²) in [4.78, 5) is 22.9. The quantitative estimate of drug-likeness (QED) is 0.586. The van der Waals surface area contributed by atoms with Crippen LogP contribution in [0.15, 0.2) is 23.3 Å². The van der Waals surface area contributed by atoms with Crippen LogP contribution in [0, 0.1) is 11.8 Å². The molecule has 0 saturated heterocycles. The lowest BCUT2D eigenvalue weighted by Crippen LogP contribution is -2.20. The Morgan fingerprint density at radius 1 is 1.15 bits per heavy atom. The van der Waals surface area contributed by atoms with Crippen LogP contribution in [0.25, 0.3) is 0 Å². The van der Waals surface area contributed by atoms with Crippen LogP contribution in [0.1, 0.15) is 38.5 Å². The van der Waals surface area contributed by atoms with Crippen molar-refractivity contribution in [2.45, 2.75) is 38.5 Å². The van der Waals surface area contributed by atoms with E-state index in [-0.39, 0.29) is 11.9 Å². The predicted octanol–water partition coefficient (Wildman–Crippen LogP) is 2.79. The zero-order valence-electron chi connectivity index (χ0n) is 12.2. The molecule has 3 aliphatic carbocycles. The number of hydrogen-bond donors (Lipinski definition) is 0. The van der Waals surface area contributed by atoms with Gasteiger partial charge >= 0.3 is 11.9 Å². The first-order valence-corrected chi connectivity index (χ1v) is 7.14. The topological polar surface area (TPSA) is 52.6 Å². The number of carbonyl (C=O) groups is 2. The second kappa shape index (κ2) is 6.73. The molecule has 0 heterocycles. The lowest BCUT2D eigenvalue weighted by Gasteiger charge is -2.31. The Balaban J connectivity index is 2.05. The number of rotatable bonds is 4. The van der Waals surface area contributed by atoms with Crippen molar-refractivity contribution in [3.05, 3.63) is 23.3 Å². The molecule has 0 N–H and O–H groups in total. The van der Waals surface area contributed by atoms with E-state index in [4.69, 9.17) is 9.47 Å². The maximum absolute atomic E-state index is 11.5. The molecule has 0 aromatic rings. The molecule has 0 unspecified atom stereocenters. The summed E-state index contributed by atoms with van der Waals surface area (Å²) in [5, 5.41) is 0. The minimum absolute atomic E-state index is 0.166. The smallest absolute Gasteiger partial charge is 0.309 e. The van der Waals surface area contributed by atoms with Crippen molar-refractivity contribution in [2.24, 2.45) is 11.8 Å². The van der Waals surface area contributed by atoms with E-state index < -0.39 is 0 Å². The molecule has 3 aliphatic rings. The van der Waals surface area contributed by atoms with Crippen molar-refractivity contribution in [1.82, 2.24) is 0 Å². The van der Waals surface area contributed by atoms with Crippen LogP contribution in [0.3, 0.4) is 0 Å². The molecule has 2 bridgehead atoms. The summed E-state index contributed by atoms with van der Waals surface area (Å²) >= 11 is 0. The lowest BCUT2D eigenvalue weighted by molar-refractivity contribution is -0.140. The molecule has 4 heteroatoms. The first-order valence-electron chi connectivity index (χ1n) is 7.14. The van der Waals surface area contributed by atoms with E-state index in [2.05, 4.69) is 12.2 Å². The summed E-state index contributed by atoms with van der Waals surface area (Å²) in [6, 6.07) is 0. The zero-order valence-corrected chi connectivity index (χ0v) is 12.2. The minimum atomic E-state index is -0.175. The maximum Gasteiger partial charge on any atom is 0.309 e. The summed E-state index contributed by atoms with van der Waals surface area (Å²) in [6.07, 6.45) is 9.24. The van der Waals surface area contributed by atoms with Gasteiger partial charge in [0.1, 0.15) is 0 Å². The van der Waals surface area contributed by atoms with Crippen molar-refractivity contribution < 1.29 is 19.1 Å². The van der Waals surface area contributed by atoms with Crippen LogP contribution >= 0.6 is 0 Å². The highest BCUT2D eigenvalue weighted by Gasteiger charge is 2.27. The molecule has 0 radical (unpaired) electrons. The van der Waals surface area contributed by atoms with Crippen LogP contribution in [0.5, 0.6) is 0 Å². The molecular formula is C16H22O4.